The van der Waals surface area contributed by atoms with Gasteiger partial charge in [0.1, 0.15) is 5.75 Å². The van der Waals surface area contributed by atoms with Crippen molar-refractivity contribution in [1.29, 1.82) is 0 Å². The third kappa shape index (κ3) is 4.66. The summed E-state index contributed by atoms with van der Waals surface area (Å²) in [5.74, 6) is 0.762. The van der Waals surface area contributed by atoms with Gasteiger partial charge in [0.05, 0.1) is 12.0 Å². The fraction of sp³-hybridized carbons (Fsp3) is 0.316. The minimum Gasteiger partial charge on any atom is -0.497 e. The molecule has 0 radical (unpaired) electrons. The van der Waals surface area contributed by atoms with Crippen LogP contribution in [0, 0.1) is 10.1 Å². The number of hydrogen-bond donors (Lipinski definition) is 1. The molecule has 8 heteroatoms. The van der Waals surface area contributed by atoms with E-state index in [9.17, 15) is 14.9 Å². The van der Waals surface area contributed by atoms with Gasteiger partial charge >= 0.3 is 6.03 Å². The summed E-state index contributed by atoms with van der Waals surface area (Å²) >= 11 is 0. The molecule has 1 fully saturated rings. The maximum absolute atomic E-state index is 12.4. The Hall–Kier alpha value is -3.29. The summed E-state index contributed by atoms with van der Waals surface area (Å²) in [6, 6.07) is 14.0. The minimum atomic E-state index is -0.408. The number of nitro groups is 1. The first-order valence-corrected chi connectivity index (χ1v) is 8.72. The van der Waals surface area contributed by atoms with Gasteiger partial charge in [0.2, 0.25) is 0 Å². The predicted octanol–water partition coefficient (Wildman–Crippen LogP) is 2.64. The summed E-state index contributed by atoms with van der Waals surface area (Å²) in [5.41, 5.74) is 1.98. The second-order valence-electron chi connectivity index (χ2n) is 6.26. The molecule has 142 valence electrons. The van der Waals surface area contributed by atoms with Gasteiger partial charge in [-0.2, -0.15) is 0 Å². The highest BCUT2D eigenvalue weighted by atomic mass is 16.6. The molecule has 1 heterocycles. The van der Waals surface area contributed by atoms with E-state index in [0.29, 0.717) is 32.7 Å². The van der Waals surface area contributed by atoms with Gasteiger partial charge in [0.25, 0.3) is 5.69 Å². The summed E-state index contributed by atoms with van der Waals surface area (Å²) in [5, 5.41) is 13.7. The number of nitrogens with zero attached hydrogens (tertiary/aromatic N) is 3. The average Bonchev–Trinajstić information content (AvgIpc) is 2.72. The van der Waals surface area contributed by atoms with Crippen LogP contribution < -0.4 is 15.0 Å². The fourth-order valence-corrected chi connectivity index (χ4v) is 3.02. The number of carbonyl (C=O) groups is 1. The van der Waals surface area contributed by atoms with Crippen LogP contribution in [0.25, 0.3) is 0 Å². The maximum atomic E-state index is 12.4. The number of rotatable bonds is 5. The van der Waals surface area contributed by atoms with E-state index < -0.39 is 4.92 Å². The molecule has 2 aromatic carbocycles. The number of piperazine rings is 1. The second kappa shape index (κ2) is 8.39. The van der Waals surface area contributed by atoms with Gasteiger partial charge in [-0.05, 0) is 29.8 Å². The number of ether oxygens (including phenoxy) is 1. The third-order valence-corrected chi connectivity index (χ3v) is 4.57. The second-order valence-corrected chi connectivity index (χ2v) is 6.26. The van der Waals surface area contributed by atoms with Gasteiger partial charge in [-0.25, -0.2) is 4.79 Å². The van der Waals surface area contributed by atoms with Gasteiger partial charge in [-0.3, -0.25) is 10.1 Å². The number of benzene rings is 2. The van der Waals surface area contributed by atoms with Crippen LogP contribution in [-0.4, -0.2) is 49.1 Å². The normalized spacial score (nSPS) is 14.0. The summed E-state index contributed by atoms with van der Waals surface area (Å²) in [6.45, 7) is 3.01. The Bertz CT molecular complexity index is 802. The molecule has 1 saturated heterocycles. The van der Waals surface area contributed by atoms with Crippen LogP contribution in [-0.2, 0) is 6.54 Å². The van der Waals surface area contributed by atoms with Crippen molar-refractivity contribution in [1.82, 2.24) is 10.2 Å². The lowest BCUT2D eigenvalue weighted by Gasteiger charge is -2.36. The Morgan fingerprint density at radius 1 is 1.15 bits per heavy atom. The van der Waals surface area contributed by atoms with E-state index in [-0.39, 0.29) is 11.7 Å². The standard InChI is InChI=1S/C19H22N4O4/c1-27-18-4-2-3-15(13-18)14-20-19(24)22-11-9-21(10-12-22)16-5-7-17(8-6-16)23(25)26/h2-8,13H,9-12,14H2,1H3,(H,20,24). The van der Waals surface area contributed by atoms with E-state index in [1.54, 1.807) is 24.1 Å². The molecule has 0 unspecified atom stereocenters. The molecule has 0 atom stereocenters. The zero-order valence-corrected chi connectivity index (χ0v) is 15.1. The van der Waals surface area contributed by atoms with Gasteiger partial charge in [0.15, 0.2) is 0 Å². The molecule has 1 aliphatic heterocycles. The van der Waals surface area contributed by atoms with E-state index in [4.69, 9.17) is 4.74 Å². The molecule has 2 amide bonds. The first-order chi connectivity index (χ1) is 13.1. The number of anilines is 1. The molecule has 3 rings (SSSR count). The predicted molar refractivity (Wildman–Crippen MR) is 102 cm³/mol. The van der Waals surface area contributed by atoms with Crippen LogP contribution >= 0.6 is 0 Å². The zero-order chi connectivity index (χ0) is 19.2. The van der Waals surface area contributed by atoms with Crippen molar-refractivity contribution in [3.05, 3.63) is 64.2 Å². The van der Waals surface area contributed by atoms with Gasteiger partial charge in [0, 0.05) is 50.5 Å². The summed E-state index contributed by atoms with van der Waals surface area (Å²) in [4.78, 5) is 26.6. The highest BCUT2D eigenvalue weighted by Gasteiger charge is 2.21. The maximum Gasteiger partial charge on any atom is 0.317 e. The summed E-state index contributed by atoms with van der Waals surface area (Å²) < 4.78 is 5.19. The van der Waals surface area contributed by atoms with Crippen LogP contribution in [0.4, 0.5) is 16.2 Å². The SMILES string of the molecule is COc1cccc(CNC(=O)N2CCN(c3ccc([N+](=O)[O-])cc3)CC2)c1. The fourth-order valence-electron chi connectivity index (χ4n) is 3.02. The molecule has 0 aromatic heterocycles. The number of urea groups is 1. The Labute approximate surface area is 157 Å². The van der Waals surface area contributed by atoms with Gasteiger partial charge in [-0.15, -0.1) is 0 Å². The third-order valence-electron chi connectivity index (χ3n) is 4.57. The van der Waals surface area contributed by atoms with Gasteiger partial charge < -0.3 is 19.9 Å². The Morgan fingerprint density at radius 2 is 1.85 bits per heavy atom. The minimum absolute atomic E-state index is 0.0781. The molecule has 27 heavy (non-hydrogen) atoms. The first kappa shape index (κ1) is 18.5. The van der Waals surface area contributed by atoms with E-state index in [1.807, 2.05) is 24.3 Å². The quantitative estimate of drug-likeness (QED) is 0.646. The number of nitrogens with one attached hydrogen (secondary N) is 1. The number of hydrogen-bond acceptors (Lipinski definition) is 5. The average molecular weight is 370 g/mol. The Balaban J connectivity index is 1.49. The van der Waals surface area contributed by atoms with Gasteiger partial charge in [-0.1, -0.05) is 12.1 Å². The molecule has 0 spiro atoms. The van der Waals surface area contributed by atoms with Crippen molar-refractivity contribution in [2.75, 3.05) is 38.2 Å². The Morgan fingerprint density at radius 3 is 2.48 bits per heavy atom. The molecule has 1 N–H and O–H groups in total. The van der Waals surface area contributed by atoms with E-state index in [0.717, 1.165) is 17.0 Å². The van der Waals surface area contributed by atoms with Crippen LogP contribution in [0.1, 0.15) is 5.56 Å². The van der Waals surface area contributed by atoms with Crippen LogP contribution in [0.5, 0.6) is 5.75 Å². The Kier molecular flexibility index (Phi) is 5.75. The topological polar surface area (TPSA) is 88.0 Å². The van der Waals surface area contributed by atoms with Crippen LogP contribution in [0.2, 0.25) is 0 Å². The number of non-ortho nitro benzene ring substituents is 1. The molecule has 8 nitrogen and oxygen atoms in total. The van der Waals surface area contributed by atoms with E-state index >= 15 is 0 Å². The lowest BCUT2D eigenvalue weighted by Crippen LogP contribution is -2.51. The smallest absolute Gasteiger partial charge is 0.317 e. The van der Waals surface area contributed by atoms with Crippen molar-refractivity contribution >= 4 is 17.4 Å². The number of carbonyl (C=O) groups excluding carboxylic acids is 1. The lowest BCUT2D eigenvalue weighted by atomic mass is 10.2. The largest absolute Gasteiger partial charge is 0.497 e. The van der Waals surface area contributed by atoms with Crippen LogP contribution in [0.3, 0.4) is 0 Å². The molecule has 0 aliphatic carbocycles. The number of methoxy groups -OCH3 is 1. The van der Waals surface area contributed by atoms with Crippen molar-refractivity contribution in [3.63, 3.8) is 0 Å². The van der Waals surface area contributed by atoms with E-state index in [2.05, 4.69) is 10.2 Å². The number of amides is 2. The summed E-state index contributed by atoms with van der Waals surface area (Å²) in [7, 11) is 1.61. The molecular formula is C19H22N4O4. The molecule has 2 aromatic rings. The zero-order valence-electron chi connectivity index (χ0n) is 15.1. The van der Waals surface area contributed by atoms with Crippen molar-refractivity contribution in [2.24, 2.45) is 0 Å². The lowest BCUT2D eigenvalue weighted by molar-refractivity contribution is -0.384. The molecular weight excluding hydrogens is 348 g/mol. The highest BCUT2D eigenvalue weighted by molar-refractivity contribution is 5.74. The molecule has 0 bridgehead atoms. The number of nitro benzene ring substituents is 1. The van der Waals surface area contributed by atoms with E-state index in [1.165, 1.54) is 12.1 Å². The highest BCUT2D eigenvalue weighted by Crippen LogP contribution is 2.20. The van der Waals surface area contributed by atoms with Crippen molar-refractivity contribution < 1.29 is 14.5 Å². The van der Waals surface area contributed by atoms with Crippen molar-refractivity contribution in [2.45, 2.75) is 6.54 Å². The molecule has 0 saturated carbocycles. The van der Waals surface area contributed by atoms with Crippen LogP contribution in [0.15, 0.2) is 48.5 Å². The van der Waals surface area contributed by atoms with Crippen molar-refractivity contribution in [3.8, 4) is 5.75 Å². The monoisotopic (exact) mass is 370 g/mol. The summed E-state index contributed by atoms with van der Waals surface area (Å²) in [6.07, 6.45) is 0. The first-order valence-electron chi connectivity index (χ1n) is 8.72. The molecule has 1 aliphatic rings.